The van der Waals surface area contributed by atoms with E-state index < -0.39 is 0 Å². The number of hydrogen-bond acceptors (Lipinski definition) is 3. The Balaban J connectivity index is 1.93. The van der Waals surface area contributed by atoms with Crippen molar-refractivity contribution in [2.75, 3.05) is 26.0 Å². The van der Waals surface area contributed by atoms with Gasteiger partial charge in [-0.1, -0.05) is 24.3 Å². The molecule has 0 aliphatic rings. The molecule has 0 aliphatic carbocycles. The third kappa shape index (κ3) is 6.67. The molecule has 1 atom stereocenters. The van der Waals surface area contributed by atoms with Crippen molar-refractivity contribution >= 4 is 23.6 Å². The average Bonchev–Trinajstić information content (AvgIpc) is 2.60. The second-order valence-electron chi connectivity index (χ2n) is 6.42. The summed E-state index contributed by atoms with van der Waals surface area (Å²) in [5, 5.41) is 5.53. The van der Waals surface area contributed by atoms with Crippen LogP contribution in [0.15, 0.2) is 54.6 Å². The van der Waals surface area contributed by atoms with Crippen LogP contribution in [0.5, 0.6) is 0 Å². The van der Waals surface area contributed by atoms with Gasteiger partial charge in [0.25, 0.3) is 0 Å². The summed E-state index contributed by atoms with van der Waals surface area (Å²) in [5.74, 6) is -0.663. The second kappa shape index (κ2) is 9.64. The van der Waals surface area contributed by atoms with E-state index in [4.69, 9.17) is 0 Å². The van der Waals surface area contributed by atoms with Gasteiger partial charge in [-0.3, -0.25) is 9.59 Å². The molecular weight excluding hydrogens is 345 g/mol. The minimum atomic E-state index is -0.298. The topological polar surface area (TPSA) is 61.4 Å². The summed E-state index contributed by atoms with van der Waals surface area (Å²) in [5.41, 5.74) is 2.35. The number of carbonyl (C=O) groups excluding carboxylic acids is 2. The molecule has 5 nitrogen and oxygen atoms in total. The normalized spacial score (nSPS) is 12.2. The van der Waals surface area contributed by atoms with Gasteiger partial charge in [0.1, 0.15) is 5.82 Å². The molecule has 142 valence electrons. The van der Waals surface area contributed by atoms with Crippen molar-refractivity contribution in [3.05, 3.63) is 71.6 Å². The van der Waals surface area contributed by atoms with Crippen LogP contribution in [0.1, 0.15) is 24.1 Å². The van der Waals surface area contributed by atoms with Crippen molar-refractivity contribution in [3.8, 4) is 0 Å². The van der Waals surface area contributed by atoms with Crippen LogP contribution in [0.2, 0.25) is 0 Å². The van der Waals surface area contributed by atoms with Gasteiger partial charge in [-0.05, 0) is 55.6 Å². The average molecular weight is 369 g/mol. The highest BCUT2D eigenvalue weighted by Gasteiger charge is 2.15. The number of likely N-dealkylation sites (N-methyl/N-ethyl adjacent to an activating group) is 1. The fourth-order valence-corrected chi connectivity index (χ4v) is 2.62. The van der Waals surface area contributed by atoms with E-state index in [-0.39, 0.29) is 23.7 Å². The number of nitrogens with one attached hydrogen (secondary N) is 2. The quantitative estimate of drug-likeness (QED) is 0.737. The van der Waals surface area contributed by atoms with Crippen LogP contribution in [0, 0.1) is 5.82 Å². The number of nitrogens with zero attached hydrogens (tertiary/aromatic N) is 1. The lowest BCUT2D eigenvalue weighted by atomic mass is 10.1. The highest BCUT2D eigenvalue weighted by molar-refractivity contribution is 5.92. The molecule has 0 bridgehead atoms. The Hall–Kier alpha value is -2.99. The van der Waals surface area contributed by atoms with Crippen molar-refractivity contribution in [1.82, 2.24) is 10.2 Å². The molecular formula is C21H24FN3O2. The van der Waals surface area contributed by atoms with Gasteiger partial charge in [0, 0.05) is 25.2 Å². The highest BCUT2D eigenvalue weighted by atomic mass is 19.1. The van der Waals surface area contributed by atoms with Gasteiger partial charge in [-0.2, -0.15) is 0 Å². The van der Waals surface area contributed by atoms with E-state index in [0.717, 1.165) is 11.1 Å². The summed E-state index contributed by atoms with van der Waals surface area (Å²) in [4.78, 5) is 25.0. The lowest BCUT2D eigenvalue weighted by Crippen LogP contribution is -2.33. The third-order valence-corrected chi connectivity index (χ3v) is 3.98. The predicted molar refractivity (Wildman–Crippen MR) is 106 cm³/mol. The number of carbonyl (C=O) groups is 2. The molecule has 0 radical (unpaired) electrons. The summed E-state index contributed by atoms with van der Waals surface area (Å²) < 4.78 is 13.5. The Labute approximate surface area is 158 Å². The van der Waals surface area contributed by atoms with Crippen LogP contribution >= 0.6 is 0 Å². The van der Waals surface area contributed by atoms with Crippen LogP contribution in [0.3, 0.4) is 0 Å². The molecule has 2 aromatic rings. The van der Waals surface area contributed by atoms with E-state index in [1.165, 1.54) is 25.1 Å². The molecule has 2 N–H and O–H groups in total. The van der Waals surface area contributed by atoms with E-state index in [1.54, 1.807) is 24.3 Å². The molecule has 0 heterocycles. The van der Waals surface area contributed by atoms with Gasteiger partial charge >= 0.3 is 0 Å². The molecule has 0 aliphatic heterocycles. The van der Waals surface area contributed by atoms with Crippen molar-refractivity contribution in [2.24, 2.45) is 0 Å². The van der Waals surface area contributed by atoms with Crippen molar-refractivity contribution < 1.29 is 14.0 Å². The highest BCUT2D eigenvalue weighted by Crippen LogP contribution is 2.18. The van der Waals surface area contributed by atoms with Crippen LogP contribution < -0.4 is 10.6 Å². The standard InChI is InChI=1S/C21H24FN3O2/c1-15(26)24-19-10-7-16(8-11-19)9-12-21(27)23-14-20(25(2)3)17-5-4-6-18(22)13-17/h4-13,20H,14H2,1-3H3,(H,23,27)(H,24,26)/b12-9+. The largest absolute Gasteiger partial charge is 0.351 e. The number of halogens is 1. The maximum absolute atomic E-state index is 13.5. The minimum absolute atomic E-state index is 0.130. The van der Waals surface area contributed by atoms with Crippen LogP contribution in [0.25, 0.3) is 6.08 Å². The summed E-state index contributed by atoms with van der Waals surface area (Å²) >= 11 is 0. The fraction of sp³-hybridized carbons (Fsp3) is 0.238. The molecule has 2 rings (SSSR count). The molecule has 27 heavy (non-hydrogen) atoms. The van der Waals surface area contributed by atoms with Gasteiger partial charge in [0.2, 0.25) is 11.8 Å². The molecule has 2 amide bonds. The molecule has 0 aromatic heterocycles. The summed E-state index contributed by atoms with van der Waals surface area (Å²) in [6.07, 6.45) is 3.14. The van der Waals surface area contributed by atoms with Crippen molar-refractivity contribution in [2.45, 2.75) is 13.0 Å². The molecule has 0 saturated heterocycles. The number of benzene rings is 2. The molecule has 1 unspecified atom stereocenters. The zero-order valence-corrected chi connectivity index (χ0v) is 15.7. The number of hydrogen-bond donors (Lipinski definition) is 2. The fourth-order valence-electron chi connectivity index (χ4n) is 2.62. The third-order valence-electron chi connectivity index (χ3n) is 3.98. The lowest BCUT2D eigenvalue weighted by Gasteiger charge is -2.24. The molecule has 0 saturated carbocycles. The summed E-state index contributed by atoms with van der Waals surface area (Å²) in [7, 11) is 3.77. The van der Waals surface area contributed by atoms with Crippen LogP contribution in [-0.4, -0.2) is 37.4 Å². The first kappa shape index (κ1) is 20.3. The van der Waals surface area contributed by atoms with E-state index >= 15 is 0 Å². The zero-order chi connectivity index (χ0) is 19.8. The van der Waals surface area contributed by atoms with Gasteiger partial charge in [0.05, 0.1) is 6.04 Å². The van der Waals surface area contributed by atoms with Crippen LogP contribution in [0.4, 0.5) is 10.1 Å². The zero-order valence-electron chi connectivity index (χ0n) is 15.7. The van der Waals surface area contributed by atoms with Gasteiger partial charge in [0.15, 0.2) is 0 Å². The molecule has 6 heteroatoms. The van der Waals surface area contributed by atoms with Gasteiger partial charge in [-0.15, -0.1) is 0 Å². The predicted octanol–water partition coefficient (Wildman–Crippen LogP) is 3.22. The van der Waals surface area contributed by atoms with E-state index in [0.29, 0.717) is 12.2 Å². The number of rotatable bonds is 7. The molecule has 2 aromatic carbocycles. The minimum Gasteiger partial charge on any atom is -0.351 e. The summed E-state index contributed by atoms with van der Waals surface area (Å²) in [6, 6.07) is 13.4. The first-order valence-corrected chi connectivity index (χ1v) is 8.60. The maximum Gasteiger partial charge on any atom is 0.244 e. The van der Waals surface area contributed by atoms with E-state index in [2.05, 4.69) is 10.6 Å². The Bertz CT molecular complexity index is 816. The maximum atomic E-state index is 13.5. The Morgan fingerprint density at radius 1 is 1.15 bits per heavy atom. The van der Waals surface area contributed by atoms with Crippen LogP contribution in [-0.2, 0) is 9.59 Å². The van der Waals surface area contributed by atoms with E-state index in [1.807, 2.05) is 37.2 Å². The molecule has 0 spiro atoms. The van der Waals surface area contributed by atoms with E-state index in [9.17, 15) is 14.0 Å². The van der Waals surface area contributed by atoms with Crippen molar-refractivity contribution in [1.29, 1.82) is 0 Å². The monoisotopic (exact) mass is 369 g/mol. The van der Waals surface area contributed by atoms with Gasteiger partial charge in [-0.25, -0.2) is 4.39 Å². The first-order chi connectivity index (χ1) is 12.8. The second-order valence-corrected chi connectivity index (χ2v) is 6.42. The smallest absolute Gasteiger partial charge is 0.244 e. The number of amides is 2. The summed E-state index contributed by atoms with van der Waals surface area (Å²) in [6.45, 7) is 1.81. The lowest BCUT2D eigenvalue weighted by molar-refractivity contribution is -0.116. The Kier molecular flexibility index (Phi) is 7.25. The Morgan fingerprint density at radius 2 is 1.85 bits per heavy atom. The number of anilines is 1. The first-order valence-electron chi connectivity index (χ1n) is 8.60. The molecule has 0 fully saturated rings. The Morgan fingerprint density at radius 3 is 2.44 bits per heavy atom. The van der Waals surface area contributed by atoms with Crippen molar-refractivity contribution in [3.63, 3.8) is 0 Å². The SMILES string of the molecule is CC(=O)Nc1ccc(/C=C/C(=O)NCC(c2cccc(F)c2)N(C)C)cc1. The van der Waals surface area contributed by atoms with Gasteiger partial charge < -0.3 is 15.5 Å².